The van der Waals surface area contributed by atoms with Gasteiger partial charge in [0.05, 0.1) is 40.4 Å². The number of hydrogen-bond donors (Lipinski definition) is 3. The van der Waals surface area contributed by atoms with Crippen molar-refractivity contribution in [3.63, 3.8) is 0 Å². The van der Waals surface area contributed by atoms with Crippen LogP contribution in [0.15, 0.2) is 17.6 Å². The Morgan fingerprint density at radius 2 is 2.43 bits per heavy atom. The molecule has 8 heteroatoms. The van der Waals surface area contributed by atoms with Crippen molar-refractivity contribution < 1.29 is 14.3 Å². The third-order valence-corrected chi connectivity index (χ3v) is 4.57. The first-order chi connectivity index (χ1) is 10.1. The molecule has 0 radical (unpaired) electrons. The Kier molecular flexibility index (Phi) is 3.54. The van der Waals surface area contributed by atoms with E-state index in [1.165, 1.54) is 11.3 Å². The van der Waals surface area contributed by atoms with E-state index in [0.29, 0.717) is 24.3 Å². The van der Waals surface area contributed by atoms with Gasteiger partial charge in [0, 0.05) is 6.54 Å². The van der Waals surface area contributed by atoms with E-state index < -0.39 is 18.3 Å². The van der Waals surface area contributed by atoms with Gasteiger partial charge in [0.2, 0.25) is 0 Å². The number of thiophene rings is 1. The fraction of sp³-hybridized carbons (Fsp3) is 0.385. The molecule has 3 heterocycles. The van der Waals surface area contributed by atoms with Gasteiger partial charge >= 0.3 is 6.09 Å². The van der Waals surface area contributed by atoms with Crippen LogP contribution in [0.5, 0.6) is 0 Å². The zero-order valence-electron chi connectivity index (χ0n) is 11.1. The number of nitrogens with zero attached hydrogens (tertiary/aromatic N) is 2. The van der Waals surface area contributed by atoms with Crippen molar-refractivity contribution in [2.24, 2.45) is 0 Å². The zero-order chi connectivity index (χ0) is 15.0. The molecular weight excluding hydrogens is 295 g/mol. The number of likely N-dealkylation sites (tertiary alicyclic amines) is 1. The molecule has 6 nitrogen and oxygen atoms in total. The summed E-state index contributed by atoms with van der Waals surface area (Å²) in [5.41, 5.74) is 7.91. The van der Waals surface area contributed by atoms with Gasteiger partial charge in [0.1, 0.15) is 6.17 Å². The van der Waals surface area contributed by atoms with Crippen molar-refractivity contribution in [3.8, 4) is 0 Å². The van der Waals surface area contributed by atoms with E-state index in [-0.39, 0.29) is 6.54 Å². The maximum atomic E-state index is 14.2. The monoisotopic (exact) mass is 310 g/mol. The van der Waals surface area contributed by atoms with E-state index in [9.17, 15) is 9.18 Å². The van der Waals surface area contributed by atoms with E-state index in [1.54, 1.807) is 6.20 Å². The van der Waals surface area contributed by atoms with E-state index in [1.807, 2.05) is 11.4 Å². The summed E-state index contributed by atoms with van der Waals surface area (Å²) in [6.45, 7) is 0.192. The fourth-order valence-electron chi connectivity index (χ4n) is 2.50. The van der Waals surface area contributed by atoms with Crippen LogP contribution in [-0.4, -0.2) is 46.4 Å². The minimum atomic E-state index is -1.27. The second-order valence-corrected chi connectivity index (χ2v) is 5.92. The molecular formula is C13H15FN4O2S. The fourth-order valence-corrected chi connectivity index (χ4v) is 3.37. The highest BCUT2D eigenvalue weighted by atomic mass is 32.1. The average molecular weight is 310 g/mol. The molecule has 2 aromatic rings. The largest absolute Gasteiger partial charge is 0.465 e. The molecule has 0 aliphatic carbocycles. The number of anilines is 2. The SMILES string of the molecule is Nc1cnc2ccsc2c1NC1CCN(C(=O)O)CC1F. The van der Waals surface area contributed by atoms with Crippen LogP contribution in [0.25, 0.3) is 10.2 Å². The molecule has 2 unspecified atom stereocenters. The van der Waals surface area contributed by atoms with Gasteiger partial charge < -0.3 is 21.1 Å². The first-order valence-electron chi connectivity index (χ1n) is 6.56. The van der Waals surface area contributed by atoms with Crippen LogP contribution in [0.2, 0.25) is 0 Å². The quantitative estimate of drug-likeness (QED) is 0.792. The maximum Gasteiger partial charge on any atom is 0.407 e. The molecule has 4 N–H and O–H groups in total. The van der Waals surface area contributed by atoms with Crippen molar-refractivity contribution in [2.75, 3.05) is 24.1 Å². The van der Waals surface area contributed by atoms with Gasteiger partial charge in [-0.05, 0) is 17.9 Å². The smallest absolute Gasteiger partial charge is 0.407 e. The number of aromatic nitrogens is 1. The summed E-state index contributed by atoms with van der Waals surface area (Å²) >= 11 is 1.49. The molecule has 112 valence electrons. The number of nitrogens with one attached hydrogen (secondary N) is 1. The lowest BCUT2D eigenvalue weighted by Crippen LogP contribution is -2.49. The standard InChI is InChI=1S/C13H15FN4O2S/c14-7-6-18(13(19)20)3-1-9(7)17-11-8(15)5-16-10-2-4-21-12(10)11/h2,4-5,7,9H,1,3,6,15H2,(H,16,17)(H,19,20). The topological polar surface area (TPSA) is 91.5 Å². The number of carboxylic acid groups (broad SMARTS) is 1. The van der Waals surface area contributed by atoms with Crippen LogP contribution in [0, 0.1) is 0 Å². The van der Waals surface area contributed by atoms with E-state index in [2.05, 4.69) is 10.3 Å². The molecule has 0 bridgehead atoms. The lowest BCUT2D eigenvalue weighted by molar-refractivity contribution is 0.101. The number of nitrogen functional groups attached to an aromatic ring is 1. The van der Waals surface area contributed by atoms with Gasteiger partial charge in [-0.3, -0.25) is 4.98 Å². The zero-order valence-corrected chi connectivity index (χ0v) is 11.9. The number of nitrogens with two attached hydrogens (primary N) is 1. The third kappa shape index (κ3) is 2.58. The van der Waals surface area contributed by atoms with E-state index >= 15 is 0 Å². The van der Waals surface area contributed by atoms with Gasteiger partial charge in [-0.1, -0.05) is 0 Å². The maximum absolute atomic E-state index is 14.2. The van der Waals surface area contributed by atoms with Crippen molar-refractivity contribution in [2.45, 2.75) is 18.6 Å². The Morgan fingerprint density at radius 1 is 1.62 bits per heavy atom. The molecule has 21 heavy (non-hydrogen) atoms. The Morgan fingerprint density at radius 3 is 3.14 bits per heavy atom. The number of carbonyl (C=O) groups is 1. The Balaban J connectivity index is 1.81. The van der Waals surface area contributed by atoms with Crippen molar-refractivity contribution in [1.29, 1.82) is 0 Å². The molecule has 0 saturated carbocycles. The number of amides is 1. The minimum Gasteiger partial charge on any atom is -0.465 e. The number of fused-ring (bicyclic) bond motifs is 1. The number of halogens is 1. The highest BCUT2D eigenvalue weighted by Crippen LogP contribution is 2.33. The molecule has 0 spiro atoms. The van der Waals surface area contributed by atoms with Crippen LogP contribution in [0.4, 0.5) is 20.6 Å². The molecule has 2 aromatic heterocycles. The lowest BCUT2D eigenvalue weighted by Gasteiger charge is -2.34. The molecule has 1 saturated heterocycles. The van der Waals surface area contributed by atoms with Gasteiger partial charge in [0.15, 0.2) is 0 Å². The summed E-state index contributed by atoms with van der Waals surface area (Å²) in [6, 6.07) is 1.43. The predicted molar refractivity (Wildman–Crippen MR) is 80.6 cm³/mol. The second-order valence-electron chi connectivity index (χ2n) is 5.01. The highest BCUT2D eigenvalue weighted by Gasteiger charge is 2.32. The van der Waals surface area contributed by atoms with Gasteiger partial charge in [0.25, 0.3) is 0 Å². The lowest BCUT2D eigenvalue weighted by atomic mass is 10.0. The van der Waals surface area contributed by atoms with Gasteiger partial charge in [-0.25, -0.2) is 9.18 Å². The number of alkyl halides is 1. The van der Waals surface area contributed by atoms with Gasteiger partial charge in [-0.2, -0.15) is 0 Å². The second kappa shape index (κ2) is 5.36. The summed E-state index contributed by atoms with van der Waals surface area (Å²) in [6.07, 6.45) is -0.392. The number of rotatable bonds is 2. The van der Waals surface area contributed by atoms with E-state index in [0.717, 1.165) is 15.1 Å². The Labute approximate surface area is 124 Å². The average Bonchev–Trinajstić information content (AvgIpc) is 2.92. The molecule has 3 rings (SSSR count). The number of hydrogen-bond acceptors (Lipinski definition) is 5. The summed E-state index contributed by atoms with van der Waals surface area (Å²) < 4.78 is 15.1. The molecule has 1 amide bonds. The summed E-state index contributed by atoms with van der Waals surface area (Å²) in [5, 5.41) is 13.9. The predicted octanol–water partition coefficient (Wildman–Crippen LogP) is 2.38. The first kappa shape index (κ1) is 13.9. The van der Waals surface area contributed by atoms with Crippen LogP contribution in [0.1, 0.15) is 6.42 Å². The third-order valence-electron chi connectivity index (χ3n) is 3.64. The van der Waals surface area contributed by atoms with Crippen molar-refractivity contribution in [3.05, 3.63) is 17.6 Å². The van der Waals surface area contributed by atoms with Crippen LogP contribution < -0.4 is 11.1 Å². The number of pyridine rings is 1. The summed E-state index contributed by atoms with van der Waals surface area (Å²) in [5.74, 6) is 0. The normalized spacial score (nSPS) is 22.4. The van der Waals surface area contributed by atoms with Gasteiger partial charge in [-0.15, -0.1) is 11.3 Å². The summed E-state index contributed by atoms with van der Waals surface area (Å²) in [4.78, 5) is 16.2. The Hall–Kier alpha value is -2.09. The van der Waals surface area contributed by atoms with Crippen LogP contribution in [0.3, 0.4) is 0 Å². The van der Waals surface area contributed by atoms with Crippen molar-refractivity contribution in [1.82, 2.24) is 9.88 Å². The molecule has 1 fully saturated rings. The summed E-state index contributed by atoms with van der Waals surface area (Å²) in [7, 11) is 0. The first-order valence-corrected chi connectivity index (χ1v) is 7.44. The highest BCUT2D eigenvalue weighted by molar-refractivity contribution is 7.17. The molecule has 1 aliphatic heterocycles. The molecule has 1 aliphatic rings. The number of piperidine rings is 1. The molecule has 2 atom stereocenters. The van der Waals surface area contributed by atoms with E-state index in [4.69, 9.17) is 10.8 Å². The van der Waals surface area contributed by atoms with Crippen LogP contribution >= 0.6 is 11.3 Å². The minimum absolute atomic E-state index is 0.119. The van der Waals surface area contributed by atoms with Crippen LogP contribution in [-0.2, 0) is 0 Å². The molecule has 0 aromatic carbocycles. The van der Waals surface area contributed by atoms with Crippen molar-refractivity contribution >= 4 is 39.0 Å². The Bertz CT molecular complexity index is 677.